The molecule has 0 aromatic heterocycles. The summed E-state index contributed by atoms with van der Waals surface area (Å²) in [6.07, 6.45) is 1.84. The van der Waals surface area contributed by atoms with Crippen molar-refractivity contribution in [2.75, 3.05) is 18.1 Å². The molecular weight excluding hydrogens is 258 g/mol. The van der Waals surface area contributed by atoms with Gasteiger partial charge < -0.3 is 0 Å². The zero-order valence-corrected chi connectivity index (χ0v) is 12.6. The maximum absolute atomic E-state index is 11.6. The van der Waals surface area contributed by atoms with E-state index < -0.39 is 9.84 Å². The normalized spacial score (nSPS) is 21.9. The van der Waals surface area contributed by atoms with Gasteiger partial charge in [-0.05, 0) is 31.9 Å². The number of hydrogen-bond donors (Lipinski definition) is 0. The lowest BCUT2D eigenvalue weighted by Crippen LogP contribution is -2.36. The number of sulfone groups is 1. The summed E-state index contributed by atoms with van der Waals surface area (Å²) in [6, 6.07) is 8.71. The monoisotopic (exact) mass is 281 g/mol. The first kappa shape index (κ1) is 14.5. The first-order chi connectivity index (χ1) is 9.00. The van der Waals surface area contributed by atoms with Crippen LogP contribution in [0.5, 0.6) is 0 Å². The Morgan fingerprint density at radius 2 is 1.95 bits per heavy atom. The quantitative estimate of drug-likeness (QED) is 0.831. The molecule has 0 spiro atoms. The average Bonchev–Trinajstić information content (AvgIpc) is 2.72. The van der Waals surface area contributed by atoms with E-state index in [4.69, 9.17) is 0 Å². The van der Waals surface area contributed by atoms with Crippen LogP contribution in [0.25, 0.3) is 0 Å². The topological polar surface area (TPSA) is 37.4 Å². The van der Waals surface area contributed by atoms with Crippen LogP contribution >= 0.6 is 0 Å². The highest BCUT2D eigenvalue weighted by atomic mass is 32.2. The lowest BCUT2D eigenvalue weighted by atomic mass is 10.1. The summed E-state index contributed by atoms with van der Waals surface area (Å²) in [7, 11) is -2.80. The minimum absolute atomic E-state index is 0.200. The van der Waals surface area contributed by atoms with Crippen molar-refractivity contribution in [2.45, 2.75) is 39.3 Å². The Kier molecular flexibility index (Phi) is 4.63. The Hall–Kier alpha value is -0.870. The molecule has 4 heteroatoms. The lowest BCUT2D eigenvalue weighted by molar-refractivity contribution is 0.204. The van der Waals surface area contributed by atoms with Crippen LogP contribution in [-0.4, -0.2) is 37.4 Å². The second kappa shape index (κ2) is 6.06. The van der Waals surface area contributed by atoms with Gasteiger partial charge in [-0.1, -0.05) is 36.8 Å². The Labute approximate surface area is 116 Å². The van der Waals surface area contributed by atoms with Crippen LogP contribution in [0.4, 0.5) is 0 Å². The second-order valence-corrected chi connectivity index (χ2v) is 7.74. The smallest absolute Gasteiger partial charge is 0.151 e. The molecule has 1 aromatic rings. The second-order valence-electron chi connectivity index (χ2n) is 5.51. The van der Waals surface area contributed by atoms with Gasteiger partial charge in [0.25, 0.3) is 0 Å². The molecule has 0 radical (unpaired) electrons. The van der Waals surface area contributed by atoms with Crippen LogP contribution in [0.1, 0.15) is 30.9 Å². The SMILES string of the molecule is CCCN(Cc1ccc(C)cc1)[C@H]1CCS(=O)(=O)C1. The van der Waals surface area contributed by atoms with E-state index >= 15 is 0 Å². The summed E-state index contributed by atoms with van der Waals surface area (Å²) in [5.74, 6) is 0.685. The largest absolute Gasteiger partial charge is 0.295 e. The third-order valence-electron chi connectivity index (χ3n) is 3.74. The molecule has 106 valence electrons. The molecule has 1 aliphatic heterocycles. The number of rotatable bonds is 5. The highest BCUT2D eigenvalue weighted by Crippen LogP contribution is 2.20. The lowest BCUT2D eigenvalue weighted by Gasteiger charge is -2.27. The standard InChI is InChI=1S/C15H23NO2S/c1-3-9-16(15-8-10-19(17,18)12-15)11-14-6-4-13(2)5-7-14/h4-7,15H,3,8-12H2,1-2H3/t15-/m0/s1. The van der Waals surface area contributed by atoms with Gasteiger partial charge in [-0.25, -0.2) is 8.42 Å². The maximum atomic E-state index is 11.6. The summed E-state index contributed by atoms with van der Waals surface area (Å²) in [5, 5.41) is 0. The van der Waals surface area contributed by atoms with Crippen LogP contribution in [0.3, 0.4) is 0 Å². The number of benzene rings is 1. The molecule has 0 saturated carbocycles. The van der Waals surface area contributed by atoms with Gasteiger partial charge in [-0.15, -0.1) is 0 Å². The van der Waals surface area contributed by atoms with E-state index in [1.807, 2.05) is 0 Å². The fourth-order valence-electron chi connectivity index (χ4n) is 2.67. The number of nitrogens with zero attached hydrogens (tertiary/aromatic N) is 1. The summed E-state index contributed by atoms with van der Waals surface area (Å²) in [6.45, 7) is 6.05. The predicted molar refractivity (Wildman–Crippen MR) is 78.9 cm³/mol. The molecule has 0 unspecified atom stereocenters. The molecule has 0 aliphatic carbocycles. The van der Waals surface area contributed by atoms with E-state index in [1.54, 1.807) is 0 Å². The van der Waals surface area contributed by atoms with Gasteiger partial charge in [0, 0.05) is 12.6 Å². The van der Waals surface area contributed by atoms with Crippen LogP contribution in [0.2, 0.25) is 0 Å². The van der Waals surface area contributed by atoms with E-state index in [1.165, 1.54) is 11.1 Å². The molecule has 0 bridgehead atoms. The number of aryl methyl sites for hydroxylation is 1. The van der Waals surface area contributed by atoms with Crippen molar-refractivity contribution in [1.82, 2.24) is 4.90 Å². The molecule has 0 amide bonds. The van der Waals surface area contributed by atoms with Gasteiger partial charge in [0.05, 0.1) is 11.5 Å². The first-order valence-electron chi connectivity index (χ1n) is 7.00. The van der Waals surface area contributed by atoms with Crippen molar-refractivity contribution in [1.29, 1.82) is 0 Å². The molecule has 1 fully saturated rings. The highest BCUT2D eigenvalue weighted by molar-refractivity contribution is 7.91. The Morgan fingerprint density at radius 1 is 1.26 bits per heavy atom. The van der Waals surface area contributed by atoms with Gasteiger partial charge in [0.2, 0.25) is 0 Å². The van der Waals surface area contributed by atoms with Crippen LogP contribution in [0.15, 0.2) is 24.3 Å². The van der Waals surface area contributed by atoms with Crippen molar-refractivity contribution in [3.63, 3.8) is 0 Å². The predicted octanol–water partition coefficient (Wildman–Crippen LogP) is 2.39. The molecule has 3 nitrogen and oxygen atoms in total. The number of hydrogen-bond acceptors (Lipinski definition) is 3. The molecular formula is C15H23NO2S. The van der Waals surface area contributed by atoms with E-state index in [-0.39, 0.29) is 6.04 Å². The third-order valence-corrected chi connectivity index (χ3v) is 5.49. The van der Waals surface area contributed by atoms with Gasteiger partial charge >= 0.3 is 0 Å². The zero-order valence-electron chi connectivity index (χ0n) is 11.8. The van der Waals surface area contributed by atoms with Crippen LogP contribution in [-0.2, 0) is 16.4 Å². The minimum atomic E-state index is -2.80. The van der Waals surface area contributed by atoms with Gasteiger partial charge in [0.1, 0.15) is 0 Å². The van der Waals surface area contributed by atoms with Crippen molar-refractivity contribution < 1.29 is 8.42 Å². The summed E-state index contributed by atoms with van der Waals surface area (Å²) in [4.78, 5) is 2.33. The van der Waals surface area contributed by atoms with Gasteiger partial charge in [-0.3, -0.25) is 4.90 Å². The van der Waals surface area contributed by atoms with E-state index in [0.717, 1.165) is 25.9 Å². The molecule has 1 atom stereocenters. The van der Waals surface area contributed by atoms with Gasteiger partial charge in [-0.2, -0.15) is 0 Å². The van der Waals surface area contributed by atoms with Crippen molar-refractivity contribution in [2.24, 2.45) is 0 Å². The third kappa shape index (κ3) is 4.05. The van der Waals surface area contributed by atoms with Crippen LogP contribution in [0, 0.1) is 6.92 Å². The molecule has 19 heavy (non-hydrogen) atoms. The van der Waals surface area contributed by atoms with Crippen molar-refractivity contribution in [3.05, 3.63) is 35.4 Å². The fraction of sp³-hybridized carbons (Fsp3) is 0.600. The molecule has 1 heterocycles. The van der Waals surface area contributed by atoms with Gasteiger partial charge in [0.15, 0.2) is 9.84 Å². The first-order valence-corrected chi connectivity index (χ1v) is 8.82. The Balaban J connectivity index is 2.06. The molecule has 1 aromatic carbocycles. The van der Waals surface area contributed by atoms with E-state index in [9.17, 15) is 8.42 Å². The Bertz CT molecular complexity index is 507. The van der Waals surface area contributed by atoms with E-state index in [2.05, 4.69) is 43.0 Å². The van der Waals surface area contributed by atoms with E-state index in [0.29, 0.717) is 11.5 Å². The molecule has 0 N–H and O–H groups in total. The van der Waals surface area contributed by atoms with Crippen LogP contribution < -0.4 is 0 Å². The van der Waals surface area contributed by atoms with Crippen molar-refractivity contribution >= 4 is 9.84 Å². The zero-order chi connectivity index (χ0) is 13.9. The summed E-state index contributed by atoms with van der Waals surface area (Å²) >= 11 is 0. The summed E-state index contributed by atoms with van der Waals surface area (Å²) in [5.41, 5.74) is 2.53. The molecule has 2 rings (SSSR count). The summed E-state index contributed by atoms with van der Waals surface area (Å²) < 4.78 is 23.2. The minimum Gasteiger partial charge on any atom is -0.295 e. The fourth-order valence-corrected chi connectivity index (χ4v) is 4.43. The molecule has 1 aliphatic rings. The van der Waals surface area contributed by atoms with Crippen molar-refractivity contribution in [3.8, 4) is 0 Å². The average molecular weight is 281 g/mol. The molecule has 1 saturated heterocycles. The highest BCUT2D eigenvalue weighted by Gasteiger charge is 2.31. The Morgan fingerprint density at radius 3 is 2.47 bits per heavy atom. The maximum Gasteiger partial charge on any atom is 0.151 e.